The number of nitrogens with zero attached hydrogens (tertiary/aromatic N) is 3. The van der Waals surface area contributed by atoms with Gasteiger partial charge in [-0.15, -0.1) is 0 Å². The molecule has 2 heterocycles. The Morgan fingerprint density at radius 2 is 2.00 bits per heavy atom. The molecule has 0 unspecified atom stereocenters. The Morgan fingerprint density at radius 3 is 2.68 bits per heavy atom. The van der Waals surface area contributed by atoms with E-state index in [0.29, 0.717) is 35.1 Å². The van der Waals surface area contributed by atoms with E-state index in [-0.39, 0.29) is 17.3 Å². The van der Waals surface area contributed by atoms with Crippen molar-refractivity contribution in [3.8, 4) is 5.69 Å². The van der Waals surface area contributed by atoms with E-state index in [1.54, 1.807) is 24.3 Å². The molecule has 28 heavy (non-hydrogen) atoms. The second kappa shape index (κ2) is 7.90. The first-order chi connectivity index (χ1) is 13.2. The largest absolute Gasteiger partial charge is 0.347 e. The number of fused-ring (bicyclic) bond motifs is 1. The third kappa shape index (κ3) is 4.51. The van der Waals surface area contributed by atoms with Crippen LogP contribution in [0, 0.1) is 0 Å². The summed E-state index contributed by atoms with van der Waals surface area (Å²) < 4.78 is 25.3. The number of nitrogens with one attached hydrogen (secondary N) is 2. The number of carbonyl (C=O) groups excluding carboxylic acids is 2. The molecule has 0 fully saturated rings. The van der Waals surface area contributed by atoms with Gasteiger partial charge in [0.15, 0.2) is 9.84 Å². The molecule has 2 aromatic rings. The van der Waals surface area contributed by atoms with E-state index >= 15 is 0 Å². The molecule has 1 aliphatic rings. The van der Waals surface area contributed by atoms with E-state index < -0.39 is 21.7 Å². The maximum Gasteiger partial charge on any atom is 0.314 e. The van der Waals surface area contributed by atoms with Crippen molar-refractivity contribution in [2.24, 2.45) is 0 Å². The summed E-state index contributed by atoms with van der Waals surface area (Å²) in [5.41, 5.74) is 1.28. The SMILES string of the molecule is CN(C)CCNC(=O)C(=O)Nc1c2c(nn1-c1cccc(Cl)c1)CS(=O)(=O)C2. The van der Waals surface area contributed by atoms with Gasteiger partial charge in [0.25, 0.3) is 0 Å². The van der Waals surface area contributed by atoms with E-state index in [1.165, 1.54) is 4.68 Å². The molecule has 0 aliphatic carbocycles. The maximum absolute atomic E-state index is 12.3. The minimum atomic E-state index is -3.33. The van der Waals surface area contributed by atoms with Crippen LogP contribution in [0.1, 0.15) is 11.3 Å². The van der Waals surface area contributed by atoms with Crippen molar-refractivity contribution in [3.05, 3.63) is 40.5 Å². The van der Waals surface area contributed by atoms with Crippen molar-refractivity contribution in [1.82, 2.24) is 20.0 Å². The molecular weight excluding hydrogens is 406 g/mol. The maximum atomic E-state index is 12.3. The van der Waals surface area contributed by atoms with Gasteiger partial charge in [0, 0.05) is 23.7 Å². The number of rotatable bonds is 5. The van der Waals surface area contributed by atoms with Crippen LogP contribution in [0.15, 0.2) is 24.3 Å². The van der Waals surface area contributed by atoms with Crippen LogP contribution in [0.5, 0.6) is 0 Å². The van der Waals surface area contributed by atoms with Crippen LogP contribution < -0.4 is 10.6 Å². The lowest BCUT2D eigenvalue weighted by atomic mass is 10.2. The Labute approximate surface area is 167 Å². The van der Waals surface area contributed by atoms with Crippen LogP contribution in [-0.2, 0) is 30.9 Å². The quantitative estimate of drug-likeness (QED) is 0.677. The second-order valence-electron chi connectivity index (χ2n) is 6.71. The summed E-state index contributed by atoms with van der Waals surface area (Å²) in [6, 6.07) is 6.74. The minimum absolute atomic E-state index is 0.158. The lowest BCUT2D eigenvalue weighted by Crippen LogP contribution is -2.39. The molecule has 0 saturated carbocycles. The van der Waals surface area contributed by atoms with Gasteiger partial charge in [0.2, 0.25) is 0 Å². The van der Waals surface area contributed by atoms with Gasteiger partial charge < -0.3 is 15.5 Å². The molecule has 150 valence electrons. The van der Waals surface area contributed by atoms with E-state index in [1.807, 2.05) is 19.0 Å². The predicted molar refractivity (Wildman–Crippen MR) is 105 cm³/mol. The van der Waals surface area contributed by atoms with Crippen LogP contribution in [0.3, 0.4) is 0 Å². The molecule has 0 saturated heterocycles. The highest BCUT2D eigenvalue weighted by atomic mass is 35.5. The van der Waals surface area contributed by atoms with Crippen molar-refractivity contribution < 1.29 is 18.0 Å². The molecule has 11 heteroatoms. The summed E-state index contributed by atoms with van der Waals surface area (Å²) in [7, 11) is 0.363. The van der Waals surface area contributed by atoms with E-state index in [2.05, 4.69) is 15.7 Å². The smallest absolute Gasteiger partial charge is 0.314 e. The zero-order chi connectivity index (χ0) is 20.5. The monoisotopic (exact) mass is 425 g/mol. The van der Waals surface area contributed by atoms with E-state index in [4.69, 9.17) is 11.6 Å². The van der Waals surface area contributed by atoms with Crippen LogP contribution in [-0.4, -0.2) is 62.1 Å². The molecule has 3 rings (SSSR count). The van der Waals surface area contributed by atoms with Crippen molar-refractivity contribution in [2.75, 3.05) is 32.5 Å². The zero-order valence-electron chi connectivity index (χ0n) is 15.4. The summed E-state index contributed by atoms with van der Waals surface area (Å²) in [6.07, 6.45) is 0. The molecule has 0 spiro atoms. The fourth-order valence-electron chi connectivity index (χ4n) is 2.80. The first-order valence-corrected chi connectivity index (χ1v) is 10.7. The lowest BCUT2D eigenvalue weighted by Gasteiger charge is -2.12. The first-order valence-electron chi connectivity index (χ1n) is 8.47. The third-order valence-electron chi connectivity index (χ3n) is 4.12. The minimum Gasteiger partial charge on any atom is -0.347 e. The molecule has 0 bridgehead atoms. The summed E-state index contributed by atoms with van der Waals surface area (Å²) in [6.45, 7) is 0.881. The summed E-state index contributed by atoms with van der Waals surface area (Å²) >= 11 is 6.03. The first kappa shape index (κ1) is 20.3. The number of halogens is 1. The third-order valence-corrected chi connectivity index (χ3v) is 5.80. The molecule has 1 aromatic heterocycles. The Morgan fingerprint density at radius 1 is 1.25 bits per heavy atom. The van der Waals surface area contributed by atoms with Gasteiger partial charge >= 0.3 is 11.8 Å². The Kier molecular flexibility index (Phi) is 5.73. The van der Waals surface area contributed by atoms with Gasteiger partial charge in [-0.1, -0.05) is 17.7 Å². The molecule has 1 aromatic carbocycles. The van der Waals surface area contributed by atoms with Crippen molar-refractivity contribution in [3.63, 3.8) is 0 Å². The normalized spacial score (nSPS) is 14.7. The van der Waals surface area contributed by atoms with Crippen LogP contribution in [0.4, 0.5) is 5.82 Å². The average Bonchev–Trinajstić information content (AvgIpc) is 3.07. The molecule has 0 atom stereocenters. The molecule has 1 aliphatic heterocycles. The summed E-state index contributed by atoms with van der Waals surface area (Å²) in [4.78, 5) is 26.3. The number of aromatic nitrogens is 2. The number of likely N-dealkylation sites (N-methyl/N-ethyl adjacent to an activating group) is 1. The molecule has 0 radical (unpaired) electrons. The topological polar surface area (TPSA) is 113 Å². The van der Waals surface area contributed by atoms with Gasteiger partial charge in [-0.2, -0.15) is 5.10 Å². The fraction of sp³-hybridized carbons (Fsp3) is 0.353. The summed E-state index contributed by atoms with van der Waals surface area (Å²) in [5, 5.41) is 9.81. The highest BCUT2D eigenvalue weighted by molar-refractivity contribution is 7.90. The Bertz CT molecular complexity index is 1030. The predicted octanol–water partition coefficient (Wildman–Crippen LogP) is 0.570. The second-order valence-corrected chi connectivity index (χ2v) is 9.21. The highest BCUT2D eigenvalue weighted by Crippen LogP contribution is 2.33. The van der Waals surface area contributed by atoms with Crippen molar-refractivity contribution >= 4 is 39.1 Å². The Balaban J connectivity index is 1.89. The molecule has 2 N–H and O–H groups in total. The number of anilines is 1. The molecular formula is C17H20ClN5O4S. The van der Waals surface area contributed by atoms with Gasteiger partial charge in [-0.05, 0) is 32.3 Å². The molecule has 2 amide bonds. The average molecular weight is 426 g/mol. The van der Waals surface area contributed by atoms with Crippen LogP contribution in [0.25, 0.3) is 5.69 Å². The number of carbonyl (C=O) groups is 2. The van der Waals surface area contributed by atoms with E-state index in [9.17, 15) is 18.0 Å². The number of hydrogen-bond acceptors (Lipinski definition) is 6. The highest BCUT2D eigenvalue weighted by Gasteiger charge is 2.33. The number of sulfone groups is 1. The molecule has 9 nitrogen and oxygen atoms in total. The fourth-order valence-corrected chi connectivity index (χ4v) is 4.48. The number of hydrogen-bond donors (Lipinski definition) is 2. The van der Waals surface area contributed by atoms with Gasteiger partial charge in [0.05, 0.1) is 22.9 Å². The Hall–Kier alpha value is -2.43. The van der Waals surface area contributed by atoms with Crippen molar-refractivity contribution in [2.45, 2.75) is 11.5 Å². The number of amides is 2. The van der Waals surface area contributed by atoms with Gasteiger partial charge in [-0.3, -0.25) is 9.59 Å². The zero-order valence-corrected chi connectivity index (χ0v) is 17.0. The summed E-state index contributed by atoms with van der Waals surface area (Å²) in [5.74, 6) is -2.01. The van der Waals surface area contributed by atoms with Crippen molar-refractivity contribution in [1.29, 1.82) is 0 Å². The van der Waals surface area contributed by atoms with Gasteiger partial charge in [0.1, 0.15) is 5.82 Å². The lowest BCUT2D eigenvalue weighted by molar-refractivity contribution is -0.136. The van der Waals surface area contributed by atoms with Crippen LogP contribution in [0.2, 0.25) is 5.02 Å². The number of benzene rings is 1. The van der Waals surface area contributed by atoms with Crippen LogP contribution >= 0.6 is 11.6 Å². The standard InChI is InChI=1S/C17H20ClN5O4S/c1-22(2)7-6-19-16(24)17(25)20-15-13-9-28(26,27)10-14(13)21-23(15)12-5-3-4-11(18)8-12/h3-5,8H,6-7,9-10H2,1-2H3,(H,19,24)(H,20,25). The van der Waals surface area contributed by atoms with Gasteiger partial charge in [-0.25, -0.2) is 13.1 Å². The van der Waals surface area contributed by atoms with E-state index in [0.717, 1.165) is 0 Å².